The maximum absolute atomic E-state index is 12.0. The molecule has 11 nitrogen and oxygen atoms in total. The molecule has 2 aromatic heterocycles. The molecule has 0 radical (unpaired) electrons. The Kier molecular flexibility index (Phi) is 6.62. The number of carbonyl (C=O) groups is 1. The summed E-state index contributed by atoms with van der Waals surface area (Å²) < 4.78 is 25.2. The molecule has 0 bridgehead atoms. The van der Waals surface area contributed by atoms with Gasteiger partial charge in [-0.3, -0.25) is 9.89 Å². The molecule has 3 N–H and O–H groups in total. The fourth-order valence-electron chi connectivity index (χ4n) is 3.70. The van der Waals surface area contributed by atoms with Crippen molar-refractivity contribution in [1.29, 1.82) is 0 Å². The molecule has 13 heteroatoms. The van der Waals surface area contributed by atoms with Crippen molar-refractivity contribution < 1.29 is 13.2 Å². The van der Waals surface area contributed by atoms with E-state index in [-0.39, 0.29) is 11.8 Å². The Hall–Kier alpha value is -3.16. The van der Waals surface area contributed by atoms with Crippen molar-refractivity contribution in [2.75, 3.05) is 48.0 Å². The average molecular weight is 515 g/mol. The number of carbonyl (C=O) groups excluding carboxylic acids is 1. The molecule has 3 aromatic rings. The van der Waals surface area contributed by atoms with Gasteiger partial charge in [-0.2, -0.15) is 9.40 Å². The highest BCUT2D eigenvalue weighted by Gasteiger charge is 2.29. The Morgan fingerprint density at radius 3 is 2.46 bits per heavy atom. The van der Waals surface area contributed by atoms with Gasteiger partial charge in [0.2, 0.25) is 15.9 Å². The first-order chi connectivity index (χ1) is 16.8. The number of rotatable bonds is 8. The second-order valence-electron chi connectivity index (χ2n) is 8.53. The van der Waals surface area contributed by atoms with Gasteiger partial charge in [-0.15, -0.1) is 0 Å². The maximum atomic E-state index is 12.0. The minimum Gasteiger partial charge on any atom is -0.354 e. The number of H-pyrrole nitrogens is 1. The van der Waals surface area contributed by atoms with Gasteiger partial charge in [0, 0.05) is 54.8 Å². The van der Waals surface area contributed by atoms with Crippen molar-refractivity contribution >= 4 is 50.8 Å². The number of hydrogen-bond acceptors (Lipinski definition) is 9. The molecule has 2 aliphatic rings. The summed E-state index contributed by atoms with van der Waals surface area (Å²) in [6, 6.07) is 11.2. The molecule has 1 aromatic carbocycles. The lowest BCUT2D eigenvalue weighted by molar-refractivity contribution is -0.117. The van der Waals surface area contributed by atoms with Crippen molar-refractivity contribution in [2.45, 2.75) is 22.9 Å². The third-order valence-corrected chi connectivity index (χ3v) is 7.94. The lowest BCUT2D eigenvalue weighted by Crippen LogP contribution is -2.48. The lowest BCUT2D eigenvalue weighted by Gasteiger charge is -2.34. The van der Waals surface area contributed by atoms with Crippen LogP contribution < -0.4 is 15.5 Å². The first kappa shape index (κ1) is 23.6. The molecule has 35 heavy (non-hydrogen) atoms. The summed E-state index contributed by atoms with van der Waals surface area (Å²) in [5, 5.41) is 13.5. The van der Waals surface area contributed by atoms with Crippen LogP contribution in [-0.2, 0) is 14.8 Å². The summed E-state index contributed by atoms with van der Waals surface area (Å²) in [6.07, 6.45) is 4.81. The molecule has 0 atom stereocenters. The molecule has 2 fully saturated rings. The predicted octanol–water partition coefficient (Wildman–Crippen LogP) is 2.52. The van der Waals surface area contributed by atoms with Crippen LogP contribution in [0, 0.1) is 5.92 Å². The summed E-state index contributed by atoms with van der Waals surface area (Å²) >= 11 is 1.41. The van der Waals surface area contributed by atoms with E-state index in [4.69, 9.17) is 4.98 Å². The summed E-state index contributed by atoms with van der Waals surface area (Å²) in [6.45, 7) is 1.88. The minimum absolute atomic E-state index is 0.0759. The second-order valence-corrected chi connectivity index (χ2v) is 11.6. The van der Waals surface area contributed by atoms with Crippen LogP contribution in [0.3, 0.4) is 0 Å². The van der Waals surface area contributed by atoms with Crippen molar-refractivity contribution in [2.24, 2.45) is 5.92 Å². The zero-order valence-corrected chi connectivity index (χ0v) is 20.8. The van der Waals surface area contributed by atoms with E-state index < -0.39 is 10.0 Å². The van der Waals surface area contributed by atoms with Crippen molar-refractivity contribution in [3.63, 3.8) is 0 Å². The number of aromatic nitrogens is 4. The van der Waals surface area contributed by atoms with E-state index >= 15 is 0 Å². The smallest absolute Gasteiger partial charge is 0.227 e. The zero-order chi connectivity index (χ0) is 24.4. The molecular weight excluding hydrogens is 488 g/mol. The van der Waals surface area contributed by atoms with Crippen LogP contribution in [0.5, 0.6) is 0 Å². The van der Waals surface area contributed by atoms with Gasteiger partial charge in [0.05, 0.1) is 12.5 Å². The number of aromatic amines is 1. The highest BCUT2D eigenvalue weighted by atomic mass is 32.2. The van der Waals surface area contributed by atoms with E-state index in [0.29, 0.717) is 48.8 Å². The largest absolute Gasteiger partial charge is 0.354 e. The third-order valence-electron chi connectivity index (χ3n) is 5.77. The van der Waals surface area contributed by atoms with Crippen LogP contribution in [0.15, 0.2) is 52.6 Å². The Bertz CT molecular complexity index is 1290. The average Bonchev–Trinajstić information content (AvgIpc) is 3.57. The Balaban J connectivity index is 1.33. The van der Waals surface area contributed by atoms with Crippen LogP contribution in [0.4, 0.5) is 23.1 Å². The van der Waals surface area contributed by atoms with Crippen LogP contribution >= 0.6 is 11.8 Å². The predicted molar refractivity (Wildman–Crippen MR) is 134 cm³/mol. The molecule has 0 spiro atoms. The van der Waals surface area contributed by atoms with E-state index in [1.54, 1.807) is 12.3 Å². The number of benzene rings is 1. The van der Waals surface area contributed by atoms with Crippen LogP contribution in [-0.4, -0.2) is 71.2 Å². The molecule has 1 aliphatic carbocycles. The number of sulfonamides is 1. The standard InChI is InChI=1S/C22H26N8O3S2/c1-35(32,33)30-12-10-29(11-13-30)20-14-19(25-18-8-9-23-28-18)26-22(27-20)34-17-6-4-16(5-7-17)24-21(31)15-2-3-15/h4-9,14-15H,2-3,10-13H2,1H3,(H,24,31)(H2,23,25,26,27,28). The molecule has 1 saturated heterocycles. The van der Waals surface area contributed by atoms with Gasteiger partial charge in [-0.05, 0) is 48.9 Å². The zero-order valence-electron chi connectivity index (χ0n) is 19.1. The fraction of sp³-hybridized carbons (Fsp3) is 0.364. The number of amides is 1. The highest BCUT2D eigenvalue weighted by molar-refractivity contribution is 7.99. The van der Waals surface area contributed by atoms with E-state index in [9.17, 15) is 13.2 Å². The topological polar surface area (TPSA) is 136 Å². The number of piperazine rings is 1. The van der Waals surface area contributed by atoms with E-state index in [1.807, 2.05) is 30.3 Å². The van der Waals surface area contributed by atoms with Gasteiger partial charge in [0.1, 0.15) is 17.5 Å². The number of nitrogens with zero attached hydrogens (tertiary/aromatic N) is 5. The SMILES string of the molecule is CS(=O)(=O)N1CCN(c2cc(Nc3ccn[nH]3)nc(Sc3ccc(NC(=O)C4CC4)cc3)n2)CC1. The molecule has 1 amide bonds. The van der Waals surface area contributed by atoms with E-state index in [0.717, 1.165) is 23.4 Å². The number of anilines is 4. The van der Waals surface area contributed by atoms with Crippen LogP contribution in [0.1, 0.15) is 12.8 Å². The number of hydrogen-bond donors (Lipinski definition) is 3. The van der Waals surface area contributed by atoms with Gasteiger partial charge < -0.3 is 15.5 Å². The molecule has 1 saturated carbocycles. The number of nitrogens with one attached hydrogen (secondary N) is 3. The Labute approximate surface area is 207 Å². The molecule has 0 unspecified atom stereocenters. The molecule has 3 heterocycles. The van der Waals surface area contributed by atoms with E-state index in [2.05, 4.69) is 30.7 Å². The molecular formula is C22H26N8O3S2. The first-order valence-corrected chi connectivity index (χ1v) is 13.9. The fourth-order valence-corrected chi connectivity index (χ4v) is 5.29. The summed E-state index contributed by atoms with van der Waals surface area (Å²) in [7, 11) is -3.22. The highest BCUT2D eigenvalue weighted by Crippen LogP contribution is 2.32. The van der Waals surface area contributed by atoms with Gasteiger partial charge in [0.25, 0.3) is 0 Å². The normalized spacial score (nSPS) is 16.8. The Morgan fingerprint density at radius 2 is 1.83 bits per heavy atom. The van der Waals surface area contributed by atoms with Crippen LogP contribution in [0.2, 0.25) is 0 Å². The molecule has 5 rings (SSSR count). The van der Waals surface area contributed by atoms with Crippen molar-refractivity contribution in [3.8, 4) is 0 Å². The lowest BCUT2D eigenvalue weighted by atomic mass is 10.3. The van der Waals surface area contributed by atoms with Gasteiger partial charge in [0.15, 0.2) is 5.16 Å². The summed E-state index contributed by atoms with van der Waals surface area (Å²) in [5.41, 5.74) is 0.770. The third kappa shape index (κ3) is 6.10. The summed E-state index contributed by atoms with van der Waals surface area (Å²) in [5.74, 6) is 2.24. The molecule has 1 aliphatic heterocycles. The van der Waals surface area contributed by atoms with Gasteiger partial charge in [-0.25, -0.2) is 18.4 Å². The quantitative estimate of drug-likeness (QED) is 0.387. The van der Waals surface area contributed by atoms with Gasteiger partial charge in [-0.1, -0.05) is 0 Å². The van der Waals surface area contributed by atoms with Crippen molar-refractivity contribution in [3.05, 3.63) is 42.6 Å². The summed E-state index contributed by atoms with van der Waals surface area (Å²) in [4.78, 5) is 24.4. The molecule has 184 valence electrons. The van der Waals surface area contributed by atoms with E-state index in [1.165, 1.54) is 22.3 Å². The monoisotopic (exact) mass is 514 g/mol. The van der Waals surface area contributed by atoms with Crippen LogP contribution in [0.25, 0.3) is 0 Å². The Morgan fingerprint density at radius 1 is 1.09 bits per heavy atom. The maximum Gasteiger partial charge on any atom is 0.227 e. The first-order valence-electron chi connectivity index (χ1n) is 11.3. The minimum atomic E-state index is -3.22. The second kappa shape index (κ2) is 9.84. The van der Waals surface area contributed by atoms with Crippen molar-refractivity contribution in [1.82, 2.24) is 24.5 Å². The van der Waals surface area contributed by atoms with Gasteiger partial charge >= 0.3 is 0 Å².